The SMILES string of the molecule is CC1CN(c2sc([C@H](C)O)cc2[N+](=O)[O-])CC1N(C)C. The highest BCUT2D eigenvalue weighted by Crippen LogP contribution is 2.42. The van der Waals surface area contributed by atoms with Crippen LogP contribution in [-0.2, 0) is 0 Å². The molecule has 112 valence electrons. The lowest BCUT2D eigenvalue weighted by atomic mass is 10.1. The summed E-state index contributed by atoms with van der Waals surface area (Å²) in [6.07, 6.45) is -0.669. The fraction of sp³-hybridized carbons (Fsp3) is 0.692. The zero-order chi connectivity index (χ0) is 15.0. The Labute approximate surface area is 122 Å². The predicted octanol–water partition coefficient (Wildman–Crippen LogP) is 2.10. The number of hydrogen-bond donors (Lipinski definition) is 1. The molecule has 0 amide bonds. The van der Waals surface area contributed by atoms with Crippen LogP contribution in [0.15, 0.2) is 6.07 Å². The van der Waals surface area contributed by atoms with Crippen molar-refractivity contribution in [3.63, 3.8) is 0 Å². The van der Waals surface area contributed by atoms with Crippen LogP contribution in [0, 0.1) is 16.0 Å². The van der Waals surface area contributed by atoms with E-state index in [1.807, 2.05) is 14.1 Å². The molecule has 0 radical (unpaired) electrons. The molecule has 2 heterocycles. The molecule has 0 bridgehead atoms. The second-order valence-corrected chi connectivity index (χ2v) is 6.75. The van der Waals surface area contributed by atoms with Crippen molar-refractivity contribution in [2.24, 2.45) is 5.92 Å². The molecule has 2 rings (SSSR count). The molecule has 1 N–H and O–H groups in total. The molecule has 1 aliphatic rings. The summed E-state index contributed by atoms with van der Waals surface area (Å²) in [5.41, 5.74) is 0.109. The Hall–Kier alpha value is -1.18. The predicted molar refractivity (Wildman–Crippen MR) is 80.5 cm³/mol. The second kappa shape index (κ2) is 5.67. The Morgan fingerprint density at radius 3 is 2.65 bits per heavy atom. The Kier molecular flexibility index (Phi) is 4.31. The molecule has 0 aliphatic carbocycles. The highest BCUT2D eigenvalue weighted by atomic mass is 32.1. The van der Waals surface area contributed by atoms with Crippen LogP contribution in [0.25, 0.3) is 0 Å². The van der Waals surface area contributed by atoms with Gasteiger partial charge >= 0.3 is 5.69 Å². The zero-order valence-corrected chi connectivity index (χ0v) is 13.1. The van der Waals surface area contributed by atoms with Gasteiger partial charge in [0.25, 0.3) is 0 Å². The van der Waals surface area contributed by atoms with Gasteiger partial charge in [-0.15, -0.1) is 11.3 Å². The van der Waals surface area contributed by atoms with E-state index in [9.17, 15) is 15.2 Å². The van der Waals surface area contributed by atoms with E-state index in [1.54, 1.807) is 6.92 Å². The van der Waals surface area contributed by atoms with Crippen LogP contribution in [0.4, 0.5) is 10.7 Å². The molecule has 1 fully saturated rings. The van der Waals surface area contributed by atoms with Gasteiger partial charge in [-0.2, -0.15) is 0 Å². The summed E-state index contributed by atoms with van der Waals surface area (Å²) in [6, 6.07) is 1.89. The zero-order valence-electron chi connectivity index (χ0n) is 12.2. The molecular formula is C13H21N3O3S. The lowest BCUT2D eigenvalue weighted by Gasteiger charge is -2.22. The number of nitrogens with zero attached hydrogens (tertiary/aromatic N) is 3. The first-order valence-electron chi connectivity index (χ1n) is 6.68. The molecule has 1 aromatic rings. The second-order valence-electron chi connectivity index (χ2n) is 5.69. The first-order chi connectivity index (χ1) is 9.31. The number of nitro groups is 1. The third-order valence-corrected chi connectivity index (χ3v) is 5.20. The summed E-state index contributed by atoms with van der Waals surface area (Å²) in [5, 5.41) is 21.5. The minimum atomic E-state index is -0.669. The molecule has 0 spiro atoms. The topological polar surface area (TPSA) is 69.8 Å². The Balaban J connectivity index is 2.31. The normalized spacial score (nSPS) is 24.4. The quantitative estimate of drug-likeness (QED) is 0.681. The number of anilines is 1. The van der Waals surface area contributed by atoms with Gasteiger partial charge in [-0.05, 0) is 26.9 Å². The molecule has 2 unspecified atom stereocenters. The first kappa shape index (κ1) is 15.2. The third-order valence-electron chi connectivity index (χ3n) is 3.84. The minimum Gasteiger partial charge on any atom is -0.388 e. The van der Waals surface area contributed by atoms with E-state index in [4.69, 9.17) is 0 Å². The molecule has 6 nitrogen and oxygen atoms in total. The molecule has 0 aromatic carbocycles. The summed E-state index contributed by atoms with van der Waals surface area (Å²) in [7, 11) is 4.07. The summed E-state index contributed by atoms with van der Waals surface area (Å²) >= 11 is 1.32. The van der Waals surface area contributed by atoms with Crippen molar-refractivity contribution < 1.29 is 10.0 Å². The highest BCUT2D eigenvalue weighted by Gasteiger charge is 2.35. The summed E-state index contributed by atoms with van der Waals surface area (Å²) in [4.78, 5) is 15.7. The van der Waals surface area contributed by atoms with Crippen LogP contribution in [-0.4, -0.2) is 48.2 Å². The fourth-order valence-corrected chi connectivity index (χ4v) is 3.82. The number of thiophene rings is 1. The minimum absolute atomic E-state index is 0.109. The maximum Gasteiger partial charge on any atom is 0.304 e. The Morgan fingerprint density at radius 2 is 2.20 bits per heavy atom. The standard InChI is InChI=1S/C13H21N3O3S/c1-8-6-15(7-11(8)14(3)4)13-10(16(18)19)5-12(20-13)9(2)17/h5,8-9,11,17H,6-7H2,1-4H3/t8?,9-,11?/m0/s1. The van der Waals surface area contributed by atoms with Crippen molar-refractivity contribution >= 4 is 22.0 Å². The van der Waals surface area contributed by atoms with Gasteiger partial charge in [-0.3, -0.25) is 10.1 Å². The van der Waals surface area contributed by atoms with E-state index >= 15 is 0 Å². The van der Waals surface area contributed by atoms with Crippen LogP contribution in [0.2, 0.25) is 0 Å². The van der Waals surface area contributed by atoms with Gasteiger partial charge in [0.05, 0.1) is 11.0 Å². The van der Waals surface area contributed by atoms with Crippen molar-refractivity contribution in [1.29, 1.82) is 0 Å². The van der Waals surface area contributed by atoms with Gasteiger partial charge in [0.15, 0.2) is 5.00 Å². The van der Waals surface area contributed by atoms with Gasteiger partial charge in [-0.1, -0.05) is 6.92 Å². The van der Waals surface area contributed by atoms with E-state index in [-0.39, 0.29) is 10.6 Å². The van der Waals surface area contributed by atoms with Crippen molar-refractivity contribution in [3.8, 4) is 0 Å². The largest absolute Gasteiger partial charge is 0.388 e. The third kappa shape index (κ3) is 2.79. The van der Waals surface area contributed by atoms with Crippen molar-refractivity contribution in [2.45, 2.75) is 26.0 Å². The van der Waals surface area contributed by atoms with E-state index in [2.05, 4.69) is 16.7 Å². The number of likely N-dealkylation sites (N-methyl/N-ethyl adjacent to an activating group) is 1. The van der Waals surface area contributed by atoms with Crippen LogP contribution < -0.4 is 4.90 Å². The van der Waals surface area contributed by atoms with Gasteiger partial charge in [0.1, 0.15) is 0 Å². The van der Waals surface area contributed by atoms with Crippen LogP contribution >= 0.6 is 11.3 Å². The Morgan fingerprint density at radius 1 is 1.55 bits per heavy atom. The number of rotatable bonds is 4. The average Bonchev–Trinajstić information content (AvgIpc) is 2.91. The molecule has 1 saturated heterocycles. The molecule has 20 heavy (non-hydrogen) atoms. The van der Waals surface area contributed by atoms with Gasteiger partial charge in [0, 0.05) is 30.1 Å². The molecule has 3 atom stereocenters. The van der Waals surface area contributed by atoms with E-state index in [0.29, 0.717) is 21.8 Å². The lowest BCUT2D eigenvalue weighted by Crippen LogP contribution is -2.34. The Bertz CT molecular complexity index is 501. The summed E-state index contributed by atoms with van der Waals surface area (Å²) < 4.78 is 0. The monoisotopic (exact) mass is 299 g/mol. The van der Waals surface area contributed by atoms with E-state index in [0.717, 1.165) is 13.1 Å². The molecule has 7 heteroatoms. The maximum atomic E-state index is 11.2. The van der Waals surface area contributed by atoms with Crippen LogP contribution in [0.3, 0.4) is 0 Å². The number of aliphatic hydroxyl groups is 1. The number of hydrogen-bond acceptors (Lipinski definition) is 6. The van der Waals surface area contributed by atoms with Crippen molar-refractivity contribution in [1.82, 2.24) is 4.90 Å². The average molecular weight is 299 g/mol. The lowest BCUT2D eigenvalue weighted by molar-refractivity contribution is -0.383. The fourth-order valence-electron chi connectivity index (χ4n) is 2.74. The molecule has 0 saturated carbocycles. The highest BCUT2D eigenvalue weighted by molar-refractivity contribution is 7.16. The number of aliphatic hydroxyl groups excluding tert-OH is 1. The summed E-state index contributed by atoms with van der Waals surface area (Å²) in [5.74, 6) is 0.460. The van der Waals surface area contributed by atoms with E-state index in [1.165, 1.54) is 17.4 Å². The van der Waals surface area contributed by atoms with E-state index < -0.39 is 6.10 Å². The molecular weight excluding hydrogens is 278 g/mol. The first-order valence-corrected chi connectivity index (χ1v) is 7.50. The van der Waals surface area contributed by atoms with Crippen LogP contribution in [0.1, 0.15) is 24.8 Å². The maximum absolute atomic E-state index is 11.2. The smallest absolute Gasteiger partial charge is 0.304 e. The van der Waals surface area contributed by atoms with Gasteiger partial charge in [0.2, 0.25) is 0 Å². The van der Waals surface area contributed by atoms with Crippen molar-refractivity contribution in [2.75, 3.05) is 32.1 Å². The van der Waals surface area contributed by atoms with Crippen LogP contribution in [0.5, 0.6) is 0 Å². The molecule has 1 aromatic heterocycles. The summed E-state index contributed by atoms with van der Waals surface area (Å²) in [6.45, 7) is 5.40. The van der Waals surface area contributed by atoms with Gasteiger partial charge in [-0.25, -0.2) is 0 Å². The van der Waals surface area contributed by atoms with Gasteiger partial charge < -0.3 is 14.9 Å². The molecule has 1 aliphatic heterocycles. The van der Waals surface area contributed by atoms with Crippen molar-refractivity contribution in [3.05, 3.63) is 21.1 Å².